The van der Waals surface area contributed by atoms with E-state index in [0.29, 0.717) is 24.4 Å². The Hall–Kier alpha value is -3.15. The first-order chi connectivity index (χ1) is 14.0. The van der Waals surface area contributed by atoms with Crippen LogP contribution in [0.4, 0.5) is 5.69 Å². The first-order valence-corrected chi connectivity index (χ1v) is 9.91. The summed E-state index contributed by atoms with van der Waals surface area (Å²) in [4.78, 5) is 38.7. The third-order valence-corrected chi connectivity index (χ3v) is 4.97. The third-order valence-electron chi connectivity index (χ3n) is 4.97. The Morgan fingerprint density at radius 3 is 2.69 bits per heavy atom. The molecule has 2 amide bonds. The van der Waals surface area contributed by atoms with Gasteiger partial charge in [-0.15, -0.1) is 0 Å². The van der Waals surface area contributed by atoms with Crippen LogP contribution in [0.2, 0.25) is 0 Å². The number of esters is 1. The zero-order chi connectivity index (χ0) is 20.8. The summed E-state index contributed by atoms with van der Waals surface area (Å²) in [6.45, 7) is 4.65. The van der Waals surface area contributed by atoms with Gasteiger partial charge in [-0.1, -0.05) is 42.0 Å². The first-order valence-electron chi connectivity index (χ1n) is 9.91. The van der Waals surface area contributed by atoms with E-state index < -0.39 is 11.8 Å². The van der Waals surface area contributed by atoms with Crippen LogP contribution in [0.3, 0.4) is 0 Å². The molecule has 29 heavy (non-hydrogen) atoms. The Kier molecular flexibility index (Phi) is 6.65. The maximum absolute atomic E-state index is 12.8. The molecule has 1 aliphatic heterocycles. The summed E-state index contributed by atoms with van der Waals surface area (Å²) in [5.41, 5.74) is 3.38. The van der Waals surface area contributed by atoms with Crippen molar-refractivity contribution in [3.05, 3.63) is 65.2 Å². The van der Waals surface area contributed by atoms with Crippen LogP contribution in [-0.4, -0.2) is 35.8 Å². The lowest BCUT2D eigenvalue weighted by Gasteiger charge is -2.24. The van der Waals surface area contributed by atoms with Crippen molar-refractivity contribution in [2.24, 2.45) is 0 Å². The highest BCUT2D eigenvalue weighted by Gasteiger charge is 2.33. The van der Waals surface area contributed by atoms with Crippen molar-refractivity contribution < 1.29 is 19.1 Å². The van der Waals surface area contributed by atoms with Gasteiger partial charge in [0.05, 0.1) is 19.1 Å². The molecule has 152 valence electrons. The molecule has 3 rings (SSSR count). The van der Waals surface area contributed by atoms with Gasteiger partial charge in [-0.3, -0.25) is 14.4 Å². The van der Waals surface area contributed by atoms with Gasteiger partial charge in [-0.2, -0.15) is 0 Å². The van der Waals surface area contributed by atoms with E-state index in [9.17, 15) is 14.4 Å². The zero-order valence-corrected chi connectivity index (χ0v) is 16.8. The van der Waals surface area contributed by atoms with E-state index in [1.165, 1.54) is 0 Å². The van der Waals surface area contributed by atoms with Crippen molar-refractivity contribution in [1.82, 2.24) is 4.90 Å². The molecular weight excluding hydrogens is 368 g/mol. The molecule has 1 atom stereocenters. The van der Waals surface area contributed by atoms with E-state index in [2.05, 4.69) is 11.4 Å². The quantitative estimate of drug-likeness (QED) is 0.623. The van der Waals surface area contributed by atoms with Gasteiger partial charge < -0.3 is 15.0 Å². The molecule has 0 radical (unpaired) electrons. The monoisotopic (exact) mass is 394 g/mol. The average Bonchev–Trinajstić information content (AvgIpc) is 3.17. The fourth-order valence-corrected chi connectivity index (χ4v) is 3.69. The second kappa shape index (κ2) is 9.37. The molecule has 0 aromatic heterocycles. The van der Waals surface area contributed by atoms with Crippen molar-refractivity contribution in [2.45, 2.75) is 39.2 Å². The number of amides is 2. The van der Waals surface area contributed by atoms with Crippen LogP contribution in [0.1, 0.15) is 42.5 Å². The maximum Gasteiger partial charge on any atom is 0.313 e. The first kappa shape index (κ1) is 20.6. The number of nitrogens with one attached hydrogen (secondary N) is 1. The standard InChI is InChI=1S/C23H26N2O4/c1-3-29-21(26)15-17-8-5-10-19(14-17)24-22(27)23(28)25-12-6-11-20(25)18-9-4-7-16(2)13-18/h4-5,7-10,13-14,20H,3,6,11-12,15H2,1-2H3,(H,24,27). The smallest absolute Gasteiger partial charge is 0.313 e. The van der Waals surface area contributed by atoms with Gasteiger partial charge >= 0.3 is 17.8 Å². The predicted molar refractivity (Wildman–Crippen MR) is 110 cm³/mol. The highest BCUT2D eigenvalue weighted by Crippen LogP contribution is 2.32. The number of aryl methyl sites for hydroxylation is 1. The summed E-state index contributed by atoms with van der Waals surface area (Å²) >= 11 is 0. The molecule has 0 aliphatic carbocycles. The number of hydrogen-bond donors (Lipinski definition) is 1. The molecule has 2 aromatic rings. The molecule has 1 N–H and O–H groups in total. The van der Waals surface area contributed by atoms with Gasteiger partial charge in [0.2, 0.25) is 0 Å². The van der Waals surface area contributed by atoms with E-state index in [4.69, 9.17) is 4.74 Å². The maximum atomic E-state index is 12.8. The highest BCUT2D eigenvalue weighted by atomic mass is 16.5. The van der Waals surface area contributed by atoms with Crippen LogP contribution < -0.4 is 5.32 Å². The zero-order valence-electron chi connectivity index (χ0n) is 16.8. The van der Waals surface area contributed by atoms with Crippen LogP contribution in [0.25, 0.3) is 0 Å². The van der Waals surface area contributed by atoms with Crippen molar-refractivity contribution in [2.75, 3.05) is 18.5 Å². The number of ether oxygens (including phenoxy) is 1. The van der Waals surface area contributed by atoms with Gasteiger partial charge in [-0.05, 0) is 49.9 Å². The number of hydrogen-bond acceptors (Lipinski definition) is 4. The van der Waals surface area contributed by atoms with Gasteiger partial charge in [0.25, 0.3) is 0 Å². The van der Waals surface area contributed by atoms with Crippen LogP contribution in [0.5, 0.6) is 0 Å². The molecule has 0 saturated carbocycles. The van der Waals surface area contributed by atoms with Gasteiger partial charge in [0.15, 0.2) is 0 Å². The summed E-state index contributed by atoms with van der Waals surface area (Å²) in [7, 11) is 0. The number of carbonyl (C=O) groups excluding carboxylic acids is 3. The lowest BCUT2D eigenvalue weighted by Crippen LogP contribution is -2.39. The Morgan fingerprint density at radius 2 is 1.93 bits per heavy atom. The Balaban J connectivity index is 1.67. The second-order valence-corrected chi connectivity index (χ2v) is 7.21. The number of rotatable bonds is 5. The number of nitrogens with zero attached hydrogens (tertiary/aromatic N) is 1. The second-order valence-electron chi connectivity index (χ2n) is 7.21. The molecular formula is C23H26N2O4. The van der Waals surface area contributed by atoms with E-state index in [1.807, 2.05) is 25.1 Å². The van der Waals surface area contributed by atoms with Crippen LogP contribution in [-0.2, 0) is 25.5 Å². The minimum Gasteiger partial charge on any atom is -0.466 e. The summed E-state index contributed by atoms with van der Waals surface area (Å²) in [6, 6.07) is 14.9. The summed E-state index contributed by atoms with van der Waals surface area (Å²) < 4.78 is 4.95. The predicted octanol–water partition coefficient (Wildman–Crippen LogP) is 3.40. The SMILES string of the molecule is CCOC(=O)Cc1cccc(NC(=O)C(=O)N2CCCC2c2cccc(C)c2)c1. The number of carbonyl (C=O) groups is 3. The molecule has 0 spiro atoms. The Labute approximate surface area is 170 Å². The highest BCUT2D eigenvalue weighted by molar-refractivity contribution is 6.39. The molecule has 1 aliphatic rings. The minimum atomic E-state index is -0.669. The van der Waals surface area contributed by atoms with E-state index >= 15 is 0 Å². The van der Waals surface area contributed by atoms with Gasteiger partial charge in [-0.25, -0.2) is 0 Å². The van der Waals surface area contributed by atoms with Crippen LogP contribution >= 0.6 is 0 Å². The number of likely N-dealkylation sites (tertiary alicyclic amines) is 1. The summed E-state index contributed by atoms with van der Waals surface area (Å²) in [5.74, 6) is -1.53. The van der Waals surface area contributed by atoms with Crippen LogP contribution in [0, 0.1) is 6.92 Å². The largest absolute Gasteiger partial charge is 0.466 e. The van der Waals surface area contributed by atoms with E-state index in [1.54, 1.807) is 36.1 Å². The van der Waals surface area contributed by atoms with Crippen molar-refractivity contribution in [1.29, 1.82) is 0 Å². The Morgan fingerprint density at radius 1 is 1.14 bits per heavy atom. The molecule has 1 fully saturated rings. The number of benzene rings is 2. The third kappa shape index (κ3) is 5.22. The fraction of sp³-hybridized carbons (Fsp3) is 0.348. The molecule has 1 heterocycles. The molecule has 1 unspecified atom stereocenters. The van der Waals surface area contributed by atoms with E-state index in [-0.39, 0.29) is 18.4 Å². The minimum absolute atomic E-state index is 0.0803. The number of anilines is 1. The molecule has 1 saturated heterocycles. The molecule has 2 aromatic carbocycles. The lowest BCUT2D eigenvalue weighted by atomic mass is 10.0. The van der Waals surface area contributed by atoms with Gasteiger partial charge in [0, 0.05) is 12.2 Å². The molecule has 6 heteroatoms. The molecule has 0 bridgehead atoms. The fourth-order valence-electron chi connectivity index (χ4n) is 3.69. The molecule has 6 nitrogen and oxygen atoms in total. The Bertz CT molecular complexity index is 909. The topological polar surface area (TPSA) is 75.7 Å². The van der Waals surface area contributed by atoms with Crippen LogP contribution in [0.15, 0.2) is 48.5 Å². The van der Waals surface area contributed by atoms with Crippen molar-refractivity contribution >= 4 is 23.5 Å². The summed E-state index contributed by atoms with van der Waals surface area (Å²) in [5, 5.41) is 2.67. The van der Waals surface area contributed by atoms with E-state index in [0.717, 1.165) is 24.0 Å². The normalized spacial score (nSPS) is 15.8. The lowest BCUT2D eigenvalue weighted by molar-refractivity contribution is -0.143. The van der Waals surface area contributed by atoms with Gasteiger partial charge in [0.1, 0.15) is 0 Å². The summed E-state index contributed by atoms with van der Waals surface area (Å²) in [6.07, 6.45) is 1.83. The van der Waals surface area contributed by atoms with Crippen molar-refractivity contribution in [3.8, 4) is 0 Å². The van der Waals surface area contributed by atoms with Crippen molar-refractivity contribution in [3.63, 3.8) is 0 Å². The average molecular weight is 394 g/mol.